The Morgan fingerprint density at radius 2 is 1.50 bits per heavy atom. The van der Waals surface area contributed by atoms with Crippen molar-refractivity contribution < 1.29 is 9.84 Å². The zero-order valence-electron chi connectivity index (χ0n) is 15.0. The number of hydrogen-bond donors (Lipinski definition) is 1. The second-order valence-electron chi connectivity index (χ2n) is 6.68. The lowest BCUT2D eigenvalue weighted by Crippen LogP contribution is -2.34. The fourth-order valence-electron chi connectivity index (χ4n) is 2.63. The van der Waals surface area contributed by atoms with Crippen LogP contribution in [0.5, 0.6) is 0 Å². The number of rotatable bonds is 9. The van der Waals surface area contributed by atoms with Crippen LogP contribution < -0.4 is 0 Å². The molecule has 2 aromatic rings. The van der Waals surface area contributed by atoms with Crippen molar-refractivity contribution in [3.63, 3.8) is 0 Å². The van der Waals surface area contributed by atoms with Gasteiger partial charge < -0.3 is 9.84 Å². The first kappa shape index (κ1) is 18.7. The molecule has 0 heterocycles. The van der Waals surface area contributed by atoms with Crippen molar-refractivity contribution in [2.45, 2.75) is 46.1 Å². The fraction of sp³-hybridized carbons (Fsp3) is 0.429. The summed E-state index contributed by atoms with van der Waals surface area (Å²) in [6.07, 6.45) is -0.346. The van der Waals surface area contributed by atoms with E-state index < -0.39 is 6.10 Å². The van der Waals surface area contributed by atoms with Crippen LogP contribution in [0, 0.1) is 6.92 Å². The zero-order chi connectivity index (χ0) is 17.4. The van der Waals surface area contributed by atoms with E-state index in [0.717, 1.165) is 13.1 Å². The predicted molar refractivity (Wildman–Crippen MR) is 98.8 cm³/mol. The molecule has 0 unspecified atom stereocenters. The number of ether oxygens (including phenoxy) is 1. The van der Waals surface area contributed by atoms with Gasteiger partial charge in [0.1, 0.15) is 0 Å². The summed E-state index contributed by atoms with van der Waals surface area (Å²) >= 11 is 0. The minimum Gasteiger partial charge on any atom is -0.389 e. The minimum atomic E-state index is -0.485. The second kappa shape index (κ2) is 9.58. The SMILES string of the molecule is Cc1ccc(CN(Cc2ccccc2)C[C@H](O)COC(C)C)cc1. The predicted octanol–water partition coefficient (Wildman–Crippen LogP) is 3.78. The Kier molecular flexibility index (Phi) is 7.44. The fourth-order valence-corrected chi connectivity index (χ4v) is 2.63. The number of nitrogens with zero attached hydrogens (tertiary/aromatic N) is 1. The summed E-state index contributed by atoms with van der Waals surface area (Å²) < 4.78 is 5.54. The molecule has 0 saturated carbocycles. The number of hydrogen-bond acceptors (Lipinski definition) is 3. The number of benzene rings is 2. The normalized spacial score (nSPS) is 12.8. The van der Waals surface area contributed by atoms with E-state index in [-0.39, 0.29) is 6.10 Å². The van der Waals surface area contributed by atoms with Crippen molar-refractivity contribution in [1.82, 2.24) is 4.90 Å². The molecule has 1 atom stereocenters. The maximum atomic E-state index is 10.3. The molecule has 0 aliphatic carbocycles. The summed E-state index contributed by atoms with van der Waals surface area (Å²) in [6.45, 7) is 8.66. The Hall–Kier alpha value is -1.68. The molecule has 0 fully saturated rings. The molecule has 0 bridgehead atoms. The Morgan fingerprint density at radius 3 is 2.08 bits per heavy atom. The van der Waals surface area contributed by atoms with E-state index in [9.17, 15) is 5.11 Å². The van der Waals surface area contributed by atoms with E-state index in [2.05, 4.69) is 60.4 Å². The molecule has 1 N–H and O–H groups in total. The average Bonchev–Trinajstić information content (AvgIpc) is 2.56. The standard InChI is InChI=1S/C21H29NO2/c1-17(2)24-16-21(23)15-22(13-19-7-5-4-6-8-19)14-20-11-9-18(3)10-12-20/h4-12,17,21,23H,13-16H2,1-3H3/t21-/m0/s1. The molecular formula is C21H29NO2. The van der Waals surface area contributed by atoms with Crippen LogP contribution in [-0.2, 0) is 17.8 Å². The highest BCUT2D eigenvalue weighted by molar-refractivity contribution is 5.21. The highest BCUT2D eigenvalue weighted by Gasteiger charge is 2.14. The molecule has 130 valence electrons. The lowest BCUT2D eigenvalue weighted by atomic mass is 10.1. The van der Waals surface area contributed by atoms with Crippen LogP contribution in [-0.4, -0.2) is 35.4 Å². The van der Waals surface area contributed by atoms with Gasteiger partial charge in [-0.25, -0.2) is 0 Å². The highest BCUT2D eigenvalue weighted by Crippen LogP contribution is 2.12. The summed E-state index contributed by atoms with van der Waals surface area (Å²) in [7, 11) is 0. The number of aliphatic hydroxyl groups excluding tert-OH is 1. The monoisotopic (exact) mass is 327 g/mol. The van der Waals surface area contributed by atoms with Crippen LogP contribution in [0.3, 0.4) is 0 Å². The summed E-state index contributed by atoms with van der Waals surface area (Å²) in [4.78, 5) is 2.27. The van der Waals surface area contributed by atoms with Gasteiger partial charge in [-0.2, -0.15) is 0 Å². The molecule has 2 rings (SSSR count). The van der Waals surface area contributed by atoms with Gasteiger partial charge in [-0.15, -0.1) is 0 Å². The van der Waals surface area contributed by atoms with Gasteiger partial charge in [0.2, 0.25) is 0 Å². The largest absolute Gasteiger partial charge is 0.389 e. The minimum absolute atomic E-state index is 0.138. The van der Waals surface area contributed by atoms with Crippen LogP contribution in [0.25, 0.3) is 0 Å². The van der Waals surface area contributed by atoms with Crippen LogP contribution >= 0.6 is 0 Å². The first-order valence-corrected chi connectivity index (χ1v) is 8.64. The Balaban J connectivity index is 2.01. The summed E-state index contributed by atoms with van der Waals surface area (Å²) in [5.41, 5.74) is 3.77. The molecule has 0 aromatic heterocycles. The van der Waals surface area contributed by atoms with Crippen molar-refractivity contribution in [2.24, 2.45) is 0 Å². The lowest BCUT2D eigenvalue weighted by molar-refractivity contribution is -0.0106. The first-order chi connectivity index (χ1) is 11.5. The third-order valence-electron chi connectivity index (χ3n) is 3.87. The van der Waals surface area contributed by atoms with E-state index in [4.69, 9.17) is 4.74 Å². The highest BCUT2D eigenvalue weighted by atomic mass is 16.5. The van der Waals surface area contributed by atoms with Gasteiger partial charge in [-0.05, 0) is 31.9 Å². The molecule has 2 aromatic carbocycles. The molecule has 24 heavy (non-hydrogen) atoms. The van der Waals surface area contributed by atoms with Crippen LogP contribution in [0.15, 0.2) is 54.6 Å². The molecule has 3 heteroatoms. The third kappa shape index (κ3) is 6.83. The maximum Gasteiger partial charge on any atom is 0.0900 e. The molecular weight excluding hydrogens is 298 g/mol. The topological polar surface area (TPSA) is 32.7 Å². The first-order valence-electron chi connectivity index (χ1n) is 8.64. The molecule has 0 spiro atoms. The Labute approximate surface area is 145 Å². The van der Waals surface area contributed by atoms with E-state index in [1.54, 1.807) is 0 Å². The molecule has 3 nitrogen and oxygen atoms in total. The van der Waals surface area contributed by atoms with Gasteiger partial charge in [-0.3, -0.25) is 4.90 Å². The van der Waals surface area contributed by atoms with E-state index in [1.807, 2.05) is 19.9 Å². The summed E-state index contributed by atoms with van der Waals surface area (Å²) in [5, 5.41) is 10.3. The van der Waals surface area contributed by atoms with Gasteiger partial charge >= 0.3 is 0 Å². The molecule has 0 aliphatic heterocycles. The molecule has 0 amide bonds. The van der Waals surface area contributed by atoms with Crippen molar-refractivity contribution in [1.29, 1.82) is 0 Å². The maximum absolute atomic E-state index is 10.3. The lowest BCUT2D eigenvalue weighted by Gasteiger charge is -2.26. The van der Waals surface area contributed by atoms with E-state index in [0.29, 0.717) is 13.2 Å². The van der Waals surface area contributed by atoms with Gasteiger partial charge in [0.15, 0.2) is 0 Å². The van der Waals surface area contributed by atoms with Crippen LogP contribution in [0.1, 0.15) is 30.5 Å². The van der Waals surface area contributed by atoms with Gasteiger partial charge in [-0.1, -0.05) is 60.2 Å². The van der Waals surface area contributed by atoms with Crippen molar-refractivity contribution >= 4 is 0 Å². The Morgan fingerprint density at radius 1 is 0.917 bits per heavy atom. The third-order valence-corrected chi connectivity index (χ3v) is 3.87. The number of aliphatic hydroxyl groups is 1. The van der Waals surface area contributed by atoms with Crippen molar-refractivity contribution in [2.75, 3.05) is 13.2 Å². The van der Waals surface area contributed by atoms with E-state index in [1.165, 1.54) is 16.7 Å². The van der Waals surface area contributed by atoms with E-state index >= 15 is 0 Å². The van der Waals surface area contributed by atoms with Crippen molar-refractivity contribution in [3.05, 3.63) is 71.3 Å². The van der Waals surface area contributed by atoms with Gasteiger partial charge in [0.05, 0.1) is 18.8 Å². The quantitative estimate of drug-likeness (QED) is 0.761. The smallest absolute Gasteiger partial charge is 0.0900 e. The van der Waals surface area contributed by atoms with Gasteiger partial charge in [0.25, 0.3) is 0 Å². The summed E-state index contributed by atoms with van der Waals surface area (Å²) in [5.74, 6) is 0. The Bertz CT molecular complexity index is 581. The number of aryl methyl sites for hydroxylation is 1. The van der Waals surface area contributed by atoms with Crippen LogP contribution in [0.4, 0.5) is 0 Å². The van der Waals surface area contributed by atoms with Crippen molar-refractivity contribution in [3.8, 4) is 0 Å². The average molecular weight is 327 g/mol. The summed E-state index contributed by atoms with van der Waals surface area (Å²) in [6, 6.07) is 19.0. The molecule has 0 saturated heterocycles. The zero-order valence-corrected chi connectivity index (χ0v) is 15.0. The second-order valence-corrected chi connectivity index (χ2v) is 6.68. The van der Waals surface area contributed by atoms with Gasteiger partial charge in [0, 0.05) is 19.6 Å². The molecule has 0 radical (unpaired) electrons. The van der Waals surface area contributed by atoms with Crippen LogP contribution in [0.2, 0.25) is 0 Å². The molecule has 0 aliphatic rings.